The molecule has 21 heavy (non-hydrogen) atoms. The maximum Gasteiger partial charge on any atom is 0.0743 e. The number of nitrogens with one attached hydrogen (secondary N) is 1. The van der Waals surface area contributed by atoms with E-state index in [1.165, 1.54) is 25.7 Å². The molecule has 1 aliphatic carbocycles. The molecule has 1 aromatic carbocycles. The van der Waals surface area contributed by atoms with Crippen molar-refractivity contribution in [2.24, 2.45) is 0 Å². The predicted octanol–water partition coefficient (Wildman–Crippen LogP) is 4.67. The van der Waals surface area contributed by atoms with Crippen molar-refractivity contribution in [1.29, 1.82) is 0 Å². The second-order valence-electron chi connectivity index (χ2n) is 5.56. The van der Waals surface area contributed by atoms with Gasteiger partial charge in [0.2, 0.25) is 0 Å². The number of nitrogens with two attached hydrogens (primary N) is 1. The lowest BCUT2D eigenvalue weighted by Gasteiger charge is -2.32. The highest BCUT2D eigenvalue weighted by Crippen LogP contribution is 2.35. The van der Waals surface area contributed by atoms with Crippen LogP contribution in [0.1, 0.15) is 25.7 Å². The van der Waals surface area contributed by atoms with Gasteiger partial charge in [-0.25, -0.2) is 0 Å². The first kappa shape index (κ1) is 15.0. The van der Waals surface area contributed by atoms with Gasteiger partial charge in [-0.1, -0.05) is 28.8 Å². The lowest BCUT2D eigenvalue weighted by Crippen LogP contribution is -2.34. The second-order valence-corrected chi connectivity index (χ2v) is 7.55. The van der Waals surface area contributed by atoms with Crippen LogP contribution in [0.15, 0.2) is 28.9 Å². The standard InChI is InChI=1S/C16H20BrN3S/c1-21-15-5-3-2-4-14(15)20-16-11-8-10(17)6-7-13(11)19-9-12(16)18/h6-9,14-15H,2-5,18H2,1H3,(H,19,20). The molecule has 2 aromatic rings. The Balaban J connectivity index is 1.99. The molecule has 0 aliphatic heterocycles. The van der Waals surface area contributed by atoms with Crippen molar-refractivity contribution < 1.29 is 0 Å². The molecule has 0 amide bonds. The van der Waals surface area contributed by atoms with E-state index in [1.54, 1.807) is 6.20 Å². The molecule has 2 unspecified atom stereocenters. The number of nitrogen functional groups attached to an aromatic ring is 1. The molecule has 1 fully saturated rings. The SMILES string of the molecule is CSC1CCCCC1Nc1c(N)cnc2ccc(Br)cc12. The van der Waals surface area contributed by atoms with Gasteiger partial charge in [0.05, 0.1) is 23.1 Å². The Bertz CT molecular complexity index is 641. The van der Waals surface area contributed by atoms with E-state index in [1.807, 2.05) is 23.9 Å². The maximum atomic E-state index is 6.19. The normalized spacial score (nSPS) is 22.4. The van der Waals surface area contributed by atoms with Gasteiger partial charge in [0.25, 0.3) is 0 Å². The van der Waals surface area contributed by atoms with E-state index in [9.17, 15) is 0 Å². The van der Waals surface area contributed by atoms with E-state index in [2.05, 4.69) is 38.6 Å². The van der Waals surface area contributed by atoms with Crippen LogP contribution in [-0.4, -0.2) is 22.5 Å². The van der Waals surface area contributed by atoms with Crippen molar-refractivity contribution in [3.8, 4) is 0 Å². The fourth-order valence-electron chi connectivity index (χ4n) is 3.07. The van der Waals surface area contributed by atoms with Crippen molar-refractivity contribution in [2.75, 3.05) is 17.3 Å². The number of hydrogen-bond donors (Lipinski definition) is 2. The van der Waals surface area contributed by atoms with Crippen molar-refractivity contribution in [3.05, 3.63) is 28.9 Å². The Labute approximate surface area is 138 Å². The van der Waals surface area contributed by atoms with E-state index < -0.39 is 0 Å². The van der Waals surface area contributed by atoms with E-state index >= 15 is 0 Å². The van der Waals surface area contributed by atoms with Crippen LogP contribution in [0, 0.1) is 0 Å². The Hall–Kier alpha value is -0.940. The molecule has 1 heterocycles. The largest absolute Gasteiger partial charge is 0.396 e. The Morgan fingerprint density at radius 3 is 2.95 bits per heavy atom. The van der Waals surface area contributed by atoms with Crippen molar-refractivity contribution >= 4 is 50.0 Å². The number of hydrogen-bond acceptors (Lipinski definition) is 4. The summed E-state index contributed by atoms with van der Waals surface area (Å²) < 4.78 is 1.05. The summed E-state index contributed by atoms with van der Waals surface area (Å²) in [6.45, 7) is 0. The average molecular weight is 366 g/mol. The monoisotopic (exact) mass is 365 g/mol. The zero-order valence-corrected chi connectivity index (χ0v) is 14.5. The van der Waals surface area contributed by atoms with Gasteiger partial charge < -0.3 is 11.1 Å². The molecule has 1 aromatic heterocycles. The van der Waals surface area contributed by atoms with Gasteiger partial charge in [-0.2, -0.15) is 11.8 Å². The van der Waals surface area contributed by atoms with Crippen LogP contribution < -0.4 is 11.1 Å². The first-order valence-electron chi connectivity index (χ1n) is 7.32. The molecule has 0 bridgehead atoms. The molecule has 5 heteroatoms. The summed E-state index contributed by atoms with van der Waals surface area (Å²) in [5.41, 5.74) is 8.93. The summed E-state index contributed by atoms with van der Waals surface area (Å²) in [7, 11) is 0. The van der Waals surface area contributed by atoms with Gasteiger partial charge in [0.15, 0.2) is 0 Å². The number of halogens is 1. The van der Waals surface area contributed by atoms with Crippen LogP contribution in [0.3, 0.4) is 0 Å². The molecule has 3 nitrogen and oxygen atoms in total. The summed E-state index contributed by atoms with van der Waals surface area (Å²) in [6, 6.07) is 6.62. The number of rotatable bonds is 3. The highest BCUT2D eigenvalue weighted by molar-refractivity contribution is 9.10. The molecule has 3 N–H and O–H groups in total. The maximum absolute atomic E-state index is 6.19. The predicted molar refractivity (Wildman–Crippen MR) is 97.0 cm³/mol. The van der Waals surface area contributed by atoms with E-state index in [0.717, 1.165) is 26.8 Å². The van der Waals surface area contributed by atoms with E-state index in [0.29, 0.717) is 11.3 Å². The number of aromatic nitrogens is 1. The molecule has 1 aliphatic rings. The average Bonchev–Trinajstić information content (AvgIpc) is 2.50. The van der Waals surface area contributed by atoms with Crippen LogP contribution in [0.2, 0.25) is 0 Å². The van der Waals surface area contributed by atoms with Crippen LogP contribution in [0.25, 0.3) is 10.9 Å². The minimum Gasteiger partial charge on any atom is -0.396 e. The Morgan fingerprint density at radius 1 is 1.33 bits per heavy atom. The summed E-state index contributed by atoms with van der Waals surface area (Å²) in [5.74, 6) is 0. The van der Waals surface area contributed by atoms with Crippen LogP contribution >= 0.6 is 27.7 Å². The van der Waals surface area contributed by atoms with Gasteiger partial charge in [-0.3, -0.25) is 4.98 Å². The second kappa shape index (κ2) is 6.44. The number of nitrogens with zero attached hydrogens (tertiary/aromatic N) is 1. The molecule has 3 rings (SSSR count). The first-order valence-corrected chi connectivity index (χ1v) is 9.40. The van der Waals surface area contributed by atoms with Gasteiger partial charge in [-0.05, 0) is 37.3 Å². The van der Waals surface area contributed by atoms with Gasteiger partial charge in [0, 0.05) is 21.2 Å². The van der Waals surface area contributed by atoms with Crippen LogP contribution in [0.5, 0.6) is 0 Å². The molecular weight excluding hydrogens is 346 g/mol. The summed E-state index contributed by atoms with van der Waals surface area (Å²) in [5, 5.41) is 5.47. The van der Waals surface area contributed by atoms with E-state index in [-0.39, 0.29) is 0 Å². The smallest absolute Gasteiger partial charge is 0.0743 e. The third-order valence-electron chi connectivity index (χ3n) is 4.19. The molecule has 0 spiro atoms. The number of pyridine rings is 1. The minimum absolute atomic E-state index is 0.487. The zero-order chi connectivity index (χ0) is 14.8. The third kappa shape index (κ3) is 3.14. The van der Waals surface area contributed by atoms with Crippen molar-refractivity contribution in [3.63, 3.8) is 0 Å². The zero-order valence-electron chi connectivity index (χ0n) is 12.1. The van der Waals surface area contributed by atoms with Gasteiger partial charge in [-0.15, -0.1) is 0 Å². The number of anilines is 2. The summed E-state index contributed by atoms with van der Waals surface area (Å²) in [4.78, 5) is 4.42. The number of thioether (sulfide) groups is 1. The third-order valence-corrected chi connectivity index (χ3v) is 5.86. The fraction of sp³-hybridized carbons (Fsp3) is 0.438. The van der Waals surface area contributed by atoms with Crippen LogP contribution in [-0.2, 0) is 0 Å². The summed E-state index contributed by atoms with van der Waals surface area (Å²) in [6.07, 6.45) is 9.09. The lowest BCUT2D eigenvalue weighted by molar-refractivity contribution is 0.475. The minimum atomic E-state index is 0.487. The van der Waals surface area contributed by atoms with E-state index in [4.69, 9.17) is 5.73 Å². The van der Waals surface area contributed by atoms with Gasteiger partial charge in [0.1, 0.15) is 0 Å². The Morgan fingerprint density at radius 2 is 2.14 bits per heavy atom. The lowest BCUT2D eigenvalue weighted by atomic mass is 9.94. The molecule has 1 saturated carbocycles. The van der Waals surface area contributed by atoms with Crippen molar-refractivity contribution in [2.45, 2.75) is 37.0 Å². The fourth-order valence-corrected chi connectivity index (χ4v) is 4.37. The summed E-state index contributed by atoms with van der Waals surface area (Å²) >= 11 is 5.50. The Kier molecular flexibility index (Phi) is 4.60. The van der Waals surface area contributed by atoms with Gasteiger partial charge >= 0.3 is 0 Å². The quantitative estimate of drug-likeness (QED) is 0.829. The highest BCUT2D eigenvalue weighted by Gasteiger charge is 2.25. The number of fused-ring (bicyclic) bond motifs is 1. The molecule has 0 radical (unpaired) electrons. The highest BCUT2D eigenvalue weighted by atomic mass is 79.9. The number of benzene rings is 1. The topological polar surface area (TPSA) is 50.9 Å². The van der Waals surface area contributed by atoms with Crippen molar-refractivity contribution in [1.82, 2.24) is 4.98 Å². The molecule has 2 atom stereocenters. The molecule has 0 saturated heterocycles. The first-order chi connectivity index (χ1) is 10.2. The molecular formula is C16H20BrN3S. The molecule has 112 valence electrons. The van der Waals surface area contributed by atoms with Crippen LogP contribution in [0.4, 0.5) is 11.4 Å².